The van der Waals surface area contributed by atoms with Gasteiger partial charge in [-0.1, -0.05) is 26.0 Å². The Labute approximate surface area is 226 Å². The maximum atomic E-state index is 13.8. The number of rotatable bonds is 8. The first kappa shape index (κ1) is 30.4. The lowest BCUT2D eigenvalue weighted by molar-refractivity contribution is -0.147. The molecule has 9 nitrogen and oxygen atoms in total. The van der Waals surface area contributed by atoms with Gasteiger partial charge >= 0.3 is 6.18 Å². The minimum atomic E-state index is -4.45. The van der Waals surface area contributed by atoms with Gasteiger partial charge in [0.15, 0.2) is 0 Å². The molecule has 0 spiro atoms. The fourth-order valence-electron chi connectivity index (χ4n) is 4.99. The molecule has 0 aromatic heterocycles. The first-order valence-corrected chi connectivity index (χ1v) is 13.3. The van der Waals surface area contributed by atoms with Gasteiger partial charge in [-0.3, -0.25) is 19.2 Å². The lowest BCUT2D eigenvalue weighted by Crippen LogP contribution is -2.62. The van der Waals surface area contributed by atoms with Crippen LogP contribution in [-0.4, -0.2) is 77.7 Å². The molecule has 0 aliphatic carbocycles. The lowest BCUT2D eigenvalue weighted by Gasteiger charge is -2.39. The zero-order chi connectivity index (χ0) is 28.9. The zero-order valence-corrected chi connectivity index (χ0v) is 22.8. The van der Waals surface area contributed by atoms with Gasteiger partial charge in [0, 0.05) is 32.1 Å². The highest BCUT2D eigenvalue weighted by Gasteiger charge is 2.45. The molecule has 2 saturated heterocycles. The summed E-state index contributed by atoms with van der Waals surface area (Å²) in [4.78, 5) is 55.7. The van der Waals surface area contributed by atoms with Crippen molar-refractivity contribution in [1.82, 2.24) is 25.8 Å². The second-order valence-electron chi connectivity index (χ2n) is 10.7. The van der Waals surface area contributed by atoms with Crippen molar-refractivity contribution in [1.29, 1.82) is 0 Å². The molecule has 4 amide bonds. The molecule has 2 fully saturated rings. The molecule has 216 valence electrons. The predicted molar refractivity (Wildman–Crippen MR) is 138 cm³/mol. The number of nitrogens with zero attached hydrogens (tertiary/aromatic N) is 2. The normalized spacial score (nSPS) is 22.7. The van der Waals surface area contributed by atoms with Crippen LogP contribution in [0.2, 0.25) is 0 Å². The van der Waals surface area contributed by atoms with E-state index in [1.54, 1.807) is 18.9 Å². The van der Waals surface area contributed by atoms with Crippen molar-refractivity contribution >= 4 is 23.6 Å². The Hall–Kier alpha value is -3.15. The Kier molecular flexibility index (Phi) is 9.98. The molecular formula is C27H38F3N5O4. The molecule has 4 atom stereocenters. The van der Waals surface area contributed by atoms with Crippen LogP contribution in [-0.2, 0) is 31.9 Å². The summed E-state index contributed by atoms with van der Waals surface area (Å²) in [5.41, 5.74) is -0.278. The van der Waals surface area contributed by atoms with Gasteiger partial charge in [0.2, 0.25) is 23.6 Å². The molecule has 1 aromatic carbocycles. The summed E-state index contributed by atoms with van der Waals surface area (Å²) >= 11 is 0. The number of hydrogen-bond donors (Lipinski definition) is 3. The van der Waals surface area contributed by atoms with Crippen molar-refractivity contribution in [2.45, 2.75) is 83.3 Å². The zero-order valence-electron chi connectivity index (χ0n) is 22.8. The van der Waals surface area contributed by atoms with Gasteiger partial charge < -0.3 is 25.8 Å². The maximum Gasteiger partial charge on any atom is 0.416 e. The van der Waals surface area contributed by atoms with Crippen LogP contribution in [0.3, 0.4) is 0 Å². The molecule has 3 rings (SSSR count). The van der Waals surface area contributed by atoms with Crippen LogP contribution < -0.4 is 16.0 Å². The van der Waals surface area contributed by atoms with E-state index in [4.69, 9.17) is 0 Å². The summed E-state index contributed by atoms with van der Waals surface area (Å²) < 4.78 is 38.5. The summed E-state index contributed by atoms with van der Waals surface area (Å²) in [6.07, 6.45) is -2.65. The van der Waals surface area contributed by atoms with Gasteiger partial charge in [0.1, 0.15) is 12.1 Å². The van der Waals surface area contributed by atoms with E-state index < -0.39 is 47.6 Å². The molecule has 0 unspecified atom stereocenters. The van der Waals surface area contributed by atoms with E-state index >= 15 is 0 Å². The number of carbonyl (C=O) groups excluding carboxylic acids is 4. The first-order chi connectivity index (χ1) is 18.3. The number of amides is 4. The Bertz CT molecular complexity index is 1050. The number of carbonyl (C=O) groups is 4. The SMILES string of the molecule is CN[C@@H](C)C(=O)N[C@H]1CN(C(=O)CC(C)C)CC[C@H]2CC[C@@H](C(=O)NCc3ccc(C(F)(F)F)cc3)N2C1=O. The topological polar surface area (TPSA) is 111 Å². The highest BCUT2D eigenvalue weighted by Crippen LogP contribution is 2.31. The molecule has 0 saturated carbocycles. The van der Waals surface area contributed by atoms with Gasteiger partial charge in [0.25, 0.3) is 0 Å². The number of hydrogen-bond acceptors (Lipinski definition) is 5. The van der Waals surface area contributed by atoms with Gasteiger partial charge in [-0.2, -0.15) is 13.2 Å². The van der Waals surface area contributed by atoms with E-state index in [9.17, 15) is 32.3 Å². The second-order valence-corrected chi connectivity index (χ2v) is 10.7. The number of alkyl halides is 3. The average Bonchev–Trinajstić information content (AvgIpc) is 3.29. The lowest BCUT2D eigenvalue weighted by atomic mass is 10.0. The average molecular weight is 554 g/mol. The van der Waals surface area contributed by atoms with Gasteiger partial charge in [-0.25, -0.2) is 0 Å². The number of halogens is 3. The van der Waals surface area contributed by atoms with E-state index in [0.29, 0.717) is 37.8 Å². The van der Waals surface area contributed by atoms with Crippen LogP contribution in [0.5, 0.6) is 0 Å². The maximum absolute atomic E-state index is 13.8. The standard InChI is InChI=1S/C27H38F3N5O4/c1-16(2)13-23(36)34-12-11-20-9-10-22(35(20)26(39)21(15-34)33-24(37)17(3)31-4)25(38)32-14-18-5-7-19(8-6-18)27(28,29)30/h5-8,16-17,20-22,31H,9-15H2,1-4H3,(H,32,38)(H,33,37)/t17-,20+,21-,22-/m0/s1. The number of benzene rings is 1. The number of fused-ring (bicyclic) bond motifs is 1. The summed E-state index contributed by atoms with van der Waals surface area (Å²) in [6, 6.07) is 1.88. The Morgan fingerprint density at radius 3 is 2.31 bits per heavy atom. The third-order valence-electron chi connectivity index (χ3n) is 7.32. The van der Waals surface area contributed by atoms with Gasteiger partial charge in [0.05, 0.1) is 11.6 Å². The van der Waals surface area contributed by atoms with Crippen LogP contribution in [0, 0.1) is 5.92 Å². The highest BCUT2D eigenvalue weighted by atomic mass is 19.4. The van der Waals surface area contributed by atoms with Crippen molar-refractivity contribution in [3.63, 3.8) is 0 Å². The summed E-state index contributed by atoms with van der Waals surface area (Å²) in [5, 5.41) is 8.34. The number of nitrogens with one attached hydrogen (secondary N) is 3. The Balaban J connectivity index is 1.76. The fourth-order valence-corrected chi connectivity index (χ4v) is 4.99. The van der Waals surface area contributed by atoms with E-state index in [2.05, 4.69) is 16.0 Å². The molecule has 12 heteroatoms. The van der Waals surface area contributed by atoms with Crippen LogP contribution in [0.4, 0.5) is 13.2 Å². The molecule has 2 aliphatic heterocycles. The molecule has 0 radical (unpaired) electrons. The third kappa shape index (κ3) is 7.71. The summed E-state index contributed by atoms with van der Waals surface area (Å²) in [5.74, 6) is -1.18. The first-order valence-electron chi connectivity index (χ1n) is 13.3. The summed E-state index contributed by atoms with van der Waals surface area (Å²) in [7, 11) is 1.62. The molecule has 1 aromatic rings. The fraction of sp³-hybridized carbons (Fsp3) is 0.630. The molecule has 39 heavy (non-hydrogen) atoms. The van der Waals surface area contributed by atoms with Crippen LogP contribution in [0.1, 0.15) is 57.6 Å². The minimum absolute atomic E-state index is 0.00960. The highest BCUT2D eigenvalue weighted by molar-refractivity contribution is 5.94. The monoisotopic (exact) mass is 553 g/mol. The third-order valence-corrected chi connectivity index (χ3v) is 7.32. The van der Waals surface area contributed by atoms with Crippen molar-refractivity contribution in [2.75, 3.05) is 20.1 Å². The van der Waals surface area contributed by atoms with E-state index in [0.717, 1.165) is 12.1 Å². The van der Waals surface area contributed by atoms with Crippen LogP contribution >= 0.6 is 0 Å². The molecule has 3 N–H and O–H groups in total. The van der Waals surface area contributed by atoms with E-state index in [1.807, 2.05) is 13.8 Å². The van der Waals surface area contributed by atoms with Crippen LogP contribution in [0.25, 0.3) is 0 Å². The van der Waals surface area contributed by atoms with Crippen molar-refractivity contribution in [3.8, 4) is 0 Å². The summed E-state index contributed by atoms with van der Waals surface area (Å²) in [6.45, 7) is 5.95. The molecule has 2 heterocycles. The van der Waals surface area contributed by atoms with E-state index in [1.165, 1.54) is 17.0 Å². The largest absolute Gasteiger partial charge is 0.416 e. The smallest absolute Gasteiger partial charge is 0.350 e. The van der Waals surface area contributed by atoms with Crippen molar-refractivity contribution in [2.24, 2.45) is 5.92 Å². The minimum Gasteiger partial charge on any atom is -0.350 e. The molecule has 2 aliphatic rings. The van der Waals surface area contributed by atoms with E-state index in [-0.39, 0.29) is 31.0 Å². The molecular weight excluding hydrogens is 515 g/mol. The Morgan fingerprint density at radius 1 is 1.05 bits per heavy atom. The number of likely N-dealkylation sites (N-methyl/N-ethyl adjacent to an activating group) is 1. The predicted octanol–water partition coefficient (Wildman–Crippen LogP) is 2.05. The quantitative estimate of drug-likeness (QED) is 0.457. The molecule has 0 bridgehead atoms. The van der Waals surface area contributed by atoms with Gasteiger partial charge in [-0.05, 0) is 56.8 Å². The Morgan fingerprint density at radius 2 is 1.72 bits per heavy atom. The van der Waals surface area contributed by atoms with Crippen LogP contribution in [0.15, 0.2) is 24.3 Å². The van der Waals surface area contributed by atoms with Crippen molar-refractivity contribution < 1.29 is 32.3 Å². The second kappa shape index (κ2) is 12.8. The van der Waals surface area contributed by atoms with Gasteiger partial charge in [-0.15, -0.1) is 0 Å². The van der Waals surface area contributed by atoms with Crippen molar-refractivity contribution in [3.05, 3.63) is 35.4 Å².